The van der Waals surface area contributed by atoms with Gasteiger partial charge >= 0.3 is 0 Å². The zero-order chi connectivity index (χ0) is 10.0. The first-order valence-corrected chi connectivity index (χ1v) is 5.12. The number of benzene rings is 1. The molecule has 0 spiro atoms. The van der Waals surface area contributed by atoms with Crippen molar-refractivity contribution in [3.05, 3.63) is 21.3 Å². The molecule has 0 bridgehead atoms. The first-order valence-electron chi connectivity index (χ1n) is 3.50. The van der Waals surface area contributed by atoms with Gasteiger partial charge in [0, 0.05) is 3.57 Å². The summed E-state index contributed by atoms with van der Waals surface area (Å²) >= 11 is 7.46. The zero-order valence-electron chi connectivity index (χ0n) is 6.68. The number of hydrogen-bond donors (Lipinski definition) is 2. The molecule has 0 radical (unpaired) electrons. The Morgan fingerprint density at radius 3 is 2.62 bits per heavy atom. The fraction of sp³-hybridized carbons (Fsp3) is 0.125. The highest BCUT2D eigenvalue weighted by atomic mass is 127. The minimum Gasteiger partial charge on any atom is -0.397 e. The summed E-state index contributed by atoms with van der Waals surface area (Å²) in [5.74, 6) is -0.278. The summed E-state index contributed by atoms with van der Waals surface area (Å²) in [6.45, 7) is 0. The van der Waals surface area contributed by atoms with Gasteiger partial charge in [0.2, 0.25) is 0 Å². The average Bonchev–Trinajstić information content (AvgIpc) is 2.12. The molecule has 5 heteroatoms. The van der Waals surface area contributed by atoms with E-state index in [4.69, 9.17) is 23.1 Å². The van der Waals surface area contributed by atoms with E-state index in [0.717, 1.165) is 3.57 Å². The maximum atomic E-state index is 11.3. The summed E-state index contributed by atoms with van der Waals surface area (Å²) in [7, 11) is 0. The van der Waals surface area contributed by atoms with Gasteiger partial charge in [-0.05, 0) is 34.7 Å². The Bertz CT molecular complexity index is 354. The third-order valence-electron chi connectivity index (χ3n) is 1.63. The molecule has 0 saturated heterocycles. The highest BCUT2D eigenvalue weighted by Crippen LogP contribution is 2.25. The second-order valence-electron chi connectivity index (χ2n) is 2.48. The van der Waals surface area contributed by atoms with Gasteiger partial charge in [-0.25, -0.2) is 0 Å². The number of Topliss-reactive ketones (excluding diaryl/α,β-unsaturated/α-hetero) is 1. The summed E-state index contributed by atoms with van der Waals surface area (Å²) in [4.78, 5) is 11.3. The molecule has 0 saturated carbocycles. The van der Waals surface area contributed by atoms with Crippen molar-refractivity contribution in [2.24, 2.45) is 0 Å². The molecular weight excluding hydrogens is 302 g/mol. The van der Waals surface area contributed by atoms with Crippen LogP contribution in [0.4, 0.5) is 11.4 Å². The highest BCUT2D eigenvalue weighted by molar-refractivity contribution is 14.1. The lowest BCUT2D eigenvalue weighted by molar-refractivity contribution is 0.102. The molecule has 0 aliphatic rings. The van der Waals surface area contributed by atoms with E-state index in [1.165, 1.54) is 0 Å². The predicted molar refractivity (Wildman–Crippen MR) is 63.0 cm³/mol. The van der Waals surface area contributed by atoms with Crippen molar-refractivity contribution in [2.45, 2.75) is 0 Å². The smallest absolute Gasteiger partial charge is 0.180 e. The van der Waals surface area contributed by atoms with E-state index in [0.29, 0.717) is 16.9 Å². The van der Waals surface area contributed by atoms with Crippen molar-refractivity contribution < 1.29 is 4.79 Å². The van der Waals surface area contributed by atoms with Crippen molar-refractivity contribution in [3.63, 3.8) is 0 Å². The number of halogens is 2. The van der Waals surface area contributed by atoms with Gasteiger partial charge in [-0.15, -0.1) is 11.6 Å². The highest BCUT2D eigenvalue weighted by Gasteiger charge is 2.14. The van der Waals surface area contributed by atoms with Gasteiger partial charge in [-0.1, -0.05) is 0 Å². The maximum Gasteiger partial charge on any atom is 0.180 e. The number of carbonyl (C=O) groups is 1. The number of nitrogen functional groups attached to an aromatic ring is 2. The Kier molecular flexibility index (Phi) is 3.38. The number of alkyl halides is 1. The Morgan fingerprint density at radius 2 is 2.08 bits per heavy atom. The Balaban J connectivity index is 3.33. The van der Waals surface area contributed by atoms with Crippen LogP contribution in [-0.2, 0) is 0 Å². The lowest BCUT2D eigenvalue weighted by Crippen LogP contribution is -2.09. The molecule has 13 heavy (non-hydrogen) atoms. The lowest BCUT2D eigenvalue weighted by Gasteiger charge is -2.07. The third-order valence-corrected chi connectivity index (χ3v) is 2.77. The van der Waals surface area contributed by atoms with Crippen LogP contribution in [0.2, 0.25) is 0 Å². The van der Waals surface area contributed by atoms with E-state index in [1.54, 1.807) is 12.1 Å². The molecule has 4 N–H and O–H groups in total. The molecule has 0 atom stereocenters. The van der Waals surface area contributed by atoms with Crippen molar-refractivity contribution >= 4 is 51.3 Å². The first-order chi connectivity index (χ1) is 6.07. The van der Waals surface area contributed by atoms with Gasteiger partial charge in [-0.3, -0.25) is 4.79 Å². The maximum absolute atomic E-state index is 11.3. The van der Waals surface area contributed by atoms with Crippen LogP contribution in [0.25, 0.3) is 0 Å². The van der Waals surface area contributed by atoms with Crippen LogP contribution in [0.5, 0.6) is 0 Å². The van der Waals surface area contributed by atoms with E-state index in [9.17, 15) is 4.79 Å². The molecule has 0 aromatic heterocycles. The number of ketones is 1. The molecule has 0 fully saturated rings. The van der Waals surface area contributed by atoms with E-state index < -0.39 is 0 Å². The molecule has 0 aliphatic carbocycles. The SMILES string of the molecule is Nc1ccc(I)c(C(=O)CCl)c1N. The molecule has 0 unspecified atom stereocenters. The Hall–Kier alpha value is -0.490. The van der Waals surface area contributed by atoms with Gasteiger partial charge in [-0.2, -0.15) is 0 Å². The van der Waals surface area contributed by atoms with Crippen molar-refractivity contribution in [2.75, 3.05) is 17.3 Å². The minimum absolute atomic E-state index is 0.0797. The van der Waals surface area contributed by atoms with Crippen LogP contribution in [0.3, 0.4) is 0 Å². The normalized spacial score (nSPS) is 10.0. The molecule has 0 amide bonds. The van der Waals surface area contributed by atoms with Gasteiger partial charge in [0.05, 0.1) is 22.8 Å². The molecule has 1 aromatic rings. The van der Waals surface area contributed by atoms with Crippen LogP contribution in [0.1, 0.15) is 10.4 Å². The van der Waals surface area contributed by atoms with E-state index in [1.807, 2.05) is 22.6 Å². The zero-order valence-corrected chi connectivity index (χ0v) is 9.59. The first kappa shape index (κ1) is 10.6. The second kappa shape index (κ2) is 4.15. The monoisotopic (exact) mass is 310 g/mol. The molecule has 1 aromatic carbocycles. The summed E-state index contributed by atoms with van der Waals surface area (Å²) in [5.41, 5.74) is 12.4. The quantitative estimate of drug-likeness (QED) is 0.379. The molecule has 1 rings (SSSR count). The van der Waals surface area contributed by atoms with Gasteiger partial charge in [0.25, 0.3) is 0 Å². The fourth-order valence-electron chi connectivity index (χ4n) is 0.959. The number of rotatable bonds is 2. The van der Waals surface area contributed by atoms with Gasteiger partial charge in [0.1, 0.15) is 0 Å². The van der Waals surface area contributed by atoms with Crippen LogP contribution in [0.15, 0.2) is 12.1 Å². The molecular formula is C8H8ClIN2O. The largest absolute Gasteiger partial charge is 0.397 e. The van der Waals surface area contributed by atoms with E-state index >= 15 is 0 Å². The molecule has 0 aliphatic heterocycles. The Morgan fingerprint density at radius 1 is 1.46 bits per heavy atom. The average molecular weight is 311 g/mol. The lowest BCUT2D eigenvalue weighted by atomic mass is 10.1. The van der Waals surface area contributed by atoms with E-state index in [2.05, 4.69) is 0 Å². The molecule has 0 heterocycles. The van der Waals surface area contributed by atoms with Crippen molar-refractivity contribution in [1.29, 1.82) is 0 Å². The summed E-state index contributed by atoms with van der Waals surface area (Å²) in [6, 6.07) is 3.41. The predicted octanol–water partition coefficient (Wildman–Crippen LogP) is 1.88. The number of hydrogen-bond acceptors (Lipinski definition) is 3. The number of nitrogens with two attached hydrogens (primary N) is 2. The summed E-state index contributed by atoms with van der Waals surface area (Å²) in [6.07, 6.45) is 0. The fourth-order valence-corrected chi connectivity index (χ4v) is 1.86. The van der Waals surface area contributed by atoms with Crippen LogP contribution >= 0.6 is 34.2 Å². The topological polar surface area (TPSA) is 69.1 Å². The standard InChI is InChI=1S/C8H8ClIN2O/c9-3-6(13)7-4(10)1-2-5(11)8(7)12/h1-2H,3,11-12H2. The Labute approximate surface area is 94.6 Å². The van der Waals surface area contributed by atoms with Crippen LogP contribution in [0, 0.1) is 3.57 Å². The van der Waals surface area contributed by atoms with Crippen LogP contribution in [-0.4, -0.2) is 11.7 Å². The molecule has 70 valence electrons. The third kappa shape index (κ3) is 2.05. The summed E-state index contributed by atoms with van der Waals surface area (Å²) < 4.78 is 0.773. The van der Waals surface area contributed by atoms with Crippen molar-refractivity contribution in [1.82, 2.24) is 0 Å². The minimum atomic E-state index is -0.198. The van der Waals surface area contributed by atoms with Crippen molar-refractivity contribution in [3.8, 4) is 0 Å². The van der Waals surface area contributed by atoms with Gasteiger partial charge < -0.3 is 11.5 Å². The summed E-state index contributed by atoms with van der Waals surface area (Å²) in [5, 5.41) is 0. The van der Waals surface area contributed by atoms with Crippen LogP contribution < -0.4 is 11.5 Å². The van der Waals surface area contributed by atoms with E-state index in [-0.39, 0.29) is 11.7 Å². The number of carbonyl (C=O) groups excluding carboxylic acids is 1. The number of anilines is 2. The molecule has 3 nitrogen and oxygen atoms in total. The van der Waals surface area contributed by atoms with Gasteiger partial charge in [0.15, 0.2) is 5.78 Å². The second-order valence-corrected chi connectivity index (χ2v) is 3.91.